The van der Waals surface area contributed by atoms with Crippen LogP contribution in [0.15, 0.2) is 4.79 Å². The van der Waals surface area contributed by atoms with Crippen molar-refractivity contribution in [3.05, 3.63) is 20.2 Å². The summed E-state index contributed by atoms with van der Waals surface area (Å²) in [5, 5.41) is 5.97. The highest BCUT2D eigenvalue weighted by Gasteiger charge is 2.09. The Morgan fingerprint density at radius 1 is 1.29 bits per heavy atom. The number of amides is 1. The van der Waals surface area contributed by atoms with Gasteiger partial charge in [0.2, 0.25) is 5.91 Å². The second-order valence-corrected chi connectivity index (χ2v) is 5.67. The normalized spacial score (nSPS) is 10.2. The summed E-state index contributed by atoms with van der Waals surface area (Å²) >= 11 is 1.23. The van der Waals surface area contributed by atoms with Crippen LogP contribution in [0.4, 0.5) is 0 Å². The number of halogens is 1. The molecule has 0 aromatic carbocycles. The largest absolute Gasteiger partial charge is 0.383 e. The molecule has 0 spiro atoms. The van der Waals surface area contributed by atoms with Gasteiger partial charge < -0.3 is 19.9 Å². The fraction of sp³-hybridized carbons (Fsp3) is 0.692. The number of nitrogens with one attached hydrogen (secondary N) is 2. The molecule has 6 nitrogen and oxygen atoms in total. The summed E-state index contributed by atoms with van der Waals surface area (Å²) in [4.78, 5) is 24.3. The lowest BCUT2D eigenvalue weighted by atomic mass is 10.3. The van der Waals surface area contributed by atoms with Crippen LogP contribution in [0, 0.1) is 13.8 Å². The van der Waals surface area contributed by atoms with Gasteiger partial charge in [-0.1, -0.05) is 11.3 Å². The zero-order valence-corrected chi connectivity index (χ0v) is 14.4. The molecule has 0 bridgehead atoms. The number of carbonyl (C=O) groups is 1. The minimum Gasteiger partial charge on any atom is -0.383 e. The van der Waals surface area contributed by atoms with E-state index in [2.05, 4.69) is 10.6 Å². The third-order valence-corrected chi connectivity index (χ3v) is 4.04. The first-order valence-corrected chi connectivity index (χ1v) is 7.51. The zero-order valence-electron chi connectivity index (χ0n) is 12.7. The number of methoxy groups -OCH3 is 1. The van der Waals surface area contributed by atoms with E-state index in [-0.39, 0.29) is 23.2 Å². The van der Waals surface area contributed by atoms with E-state index < -0.39 is 0 Å². The molecule has 1 aromatic rings. The molecule has 0 radical (unpaired) electrons. The number of hydrogen-bond acceptors (Lipinski definition) is 5. The van der Waals surface area contributed by atoms with E-state index in [9.17, 15) is 9.59 Å². The molecule has 1 rings (SSSR count). The van der Waals surface area contributed by atoms with E-state index in [4.69, 9.17) is 4.74 Å². The van der Waals surface area contributed by atoms with Crippen LogP contribution in [0.5, 0.6) is 0 Å². The fourth-order valence-electron chi connectivity index (χ4n) is 1.74. The third kappa shape index (κ3) is 7.08. The fourth-order valence-corrected chi connectivity index (χ4v) is 2.60. The van der Waals surface area contributed by atoms with Crippen LogP contribution in [0.2, 0.25) is 0 Å². The maximum Gasteiger partial charge on any atom is 0.307 e. The molecule has 0 aliphatic rings. The molecule has 0 aliphatic heterocycles. The molecular weight excluding hydrogens is 314 g/mol. The summed E-state index contributed by atoms with van der Waals surface area (Å²) in [6.07, 6.45) is 0.328. The van der Waals surface area contributed by atoms with Crippen LogP contribution in [0.1, 0.15) is 17.0 Å². The lowest BCUT2D eigenvalue weighted by Gasteiger charge is -2.07. The SMILES string of the molecule is COCCNCCNC(=O)CCn1c(C)c(C)sc1=O.Cl. The predicted octanol–water partition coefficient (Wildman–Crippen LogP) is 0.691. The van der Waals surface area contributed by atoms with Gasteiger partial charge in [0.25, 0.3) is 0 Å². The van der Waals surface area contributed by atoms with Crippen molar-refractivity contribution in [2.24, 2.45) is 0 Å². The van der Waals surface area contributed by atoms with Gasteiger partial charge in [-0.05, 0) is 13.8 Å². The van der Waals surface area contributed by atoms with E-state index in [1.807, 2.05) is 13.8 Å². The molecular formula is C13H24ClN3O3S. The van der Waals surface area contributed by atoms with Crippen molar-refractivity contribution in [3.8, 4) is 0 Å². The first-order valence-electron chi connectivity index (χ1n) is 6.69. The number of carbonyl (C=O) groups excluding carboxylic acids is 1. The Balaban J connectivity index is 0.00000400. The number of aryl methyl sites for hydroxylation is 1. The molecule has 0 saturated carbocycles. The Morgan fingerprint density at radius 3 is 2.57 bits per heavy atom. The maximum atomic E-state index is 11.7. The summed E-state index contributed by atoms with van der Waals surface area (Å²) in [5.74, 6) is -0.0336. The first-order chi connectivity index (χ1) is 9.56. The monoisotopic (exact) mass is 337 g/mol. The standard InChI is InChI=1S/C13H23N3O3S.ClH/c1-10-11(2)20-13(18)16(10)8-4-12(17)15-6-5-14-7-9-19-3;/h14H,4-9H2,1-3H3,(H,15,17);1H. The third-order valence-electron chi connectivity index (χ3n) is 3.04. The van der Waals surface area contributed by atoms with Gasteiger partial charge in [-0.15, -0.1) is 12.4 Å². The summed E-state index contributed by atoms with van der Waals surface area (Å²) in [7, 11) is 1.65. The number of nitrogens with zero attached hydrogens (tertiary/aromatic N) is 1. The zero-order chi connectivity index (χ0) is 15.0. The number of ether oxygens (including phenoxy) is 1. The Morgan fingerprint density at radius 2 is 2.00 bits per heavy atom. The van der Waals surface area contributed by atoms with E-state index in [1.54, 1.807) is 11.7 Å². The Labute approximate surface area is 135 Å². The molecule has 2 N–H and O–H groups in total. The minimum absolute atomic E-state index is 0. The molecule has 1 heterocycles. The summed E-state index contributed by atoms with van der Waals surface area (Å²) in [6.45, 7) is 7.00. The Kier molecular flexibility index (Phi) is 10.3. The Bertz CT molecular complexity index is 487. The van der Waals surface area contributed by atoms with Gasteiger partial charge in [-0.25, -0.2) is 0 Å². The number of thiazole rings is 1. The van der Waals surface area contributed by atoms with Crippen LogP contribution in [0.25, 0.3) is 0 Å². The van der Waals surface area contributed by atoms with E-state index in [0.29, 0.717) is 32.7 Å². The summed E-state index contributed by atoms with van der Waals surface area (Å²) in [5.41, 5.74) is 0.953. The van der Waals surface area contributed by atoms with Gasteiger partial charge >= 0.3 is 4.87 Å². The van der Waals surface area contributed by atoms with Crippen molar-refractivity contribution in [1.29, 1.82) is 0 Å². The molecule has 0 aliphatic carbocycles. The first kappa shape index (κ1) is 20.1. The molecule has 0 saturated heterocycles. The number of hydrogen-bond donors (Lipinski definition) is 2. The van der Waals surface area contributed by atoms with E-state index >= 15 is 0 Å². The molecule has 122 valence electrons. The molecule has 0 fully saturated rings. The van der Waals surface area contributed by atoms with Crippen LogP contribution in [-0.2, 0) is 16.1 Å². The van der Waals surface area contributed by atoms with Crippen molar-refractivity contribution in [2.45, 2.75) is 26.8 Å². The summed E-state index contributed by atoms with van der Waals surface area (Å²) in [6, 6.07) is 0. The van der Waals surface area contributed by atoms with Gasteiger partial charge in [0.05, 0.1) is 6.61 Å². The van der Waals surface area contributed by atoms with Crippen molar-refractivity contribution < 1.29 is 9.53 Å². The molecule has 0 unspecified atom stereocenters. The lowest BCUT2D eigenvalue weighted by molar-refractivity contribution is -0.121. The quantitative estimate of drug-likeness (QED) is 0.650. The smallest absolute Gasteiger partial charge is 0.307 e. The van der Waals surface area contributed by atoms with E-state index in [1.165, 1.54) is 11.3 Å². The average molecular weight is 338 g/mol. The molecule has 21 heavy (non-hydrogen) atoms. The van der Waals surface area contributed by atoms with Crippen molar-refractivity contribution >= 4 is 29.7 Å². The second-order valence-electron chi connectivity index (χ2n) is 4.50. The highest BCUT2D eigenvalue weighted by molar-refractivity contribution is 7.09. The highest BCUT2D eigenvalue weighted by atomic mass is 35.5. The van der Waals surface area contributed by atoms with Crippen LogP contribution in [-0.4, -0.2) is 43.8 Å². The van der Waals surface area contributed by atoms with Crippen LogP contribution in [0.3, 0.4) is 0 Å². The van der Waals surface area contributed by atoms with Gasteiger partial charge in [-0.2, -0.15) is 0 Å². The predicted molar refractivity (Wildman–Crippen MR) is 87.7 cm³/mol. The lowest BCUT2D eigenvalue weighted by Crippen LogP contribution is -2.33. The summed E-state index contributed by atoms with van der Waals surface area (Å²) < 4.78 is 6.56. The highest BCUT2D eigenvalue weighted by Crippen LogP contribution is 2.09. The van der Waals surface area contributed by atoms with Gasteiger partial charge in [-0.3, -0.25) is 9.59 Å². The van der Waals surface area contributed by atoms with E-state index in [0.717, 1.165) is 17.1 Å². The molecule has 8 heteroatoms. The second kappa shape index (κ2) is 10.8. The number of rotatable bonds is 9. The molecule has 1 amide bonds. The molecule has 0 atom stereocenters. The average Bonchev–Trinajstić information content (AvgIpc) is 2.65. The van der Waals surface area contributed by atoms with Crippen molar-refractivity contribution in [1.82, 2.24) is 15.2 Å². The van der Waals surface area contributed by atoms with Crippen molar-refractivity contribution in [2.75, 3.05) is 33.4 Å². The van der Waals surface area contributed by atoms with Gasteiger partial charge in [0.15, 0.2) is 0 Å². The van der Waals surface area contributed by atoms with Crippen LogP contribution < -0.4 is 15.5 Å². The van der Waals surface area contributed by atoms with Gasteiger partial charge in [0, 0.05) is 50.3 Å². The number of aromatic nitrogens is 1. The molecule has 1 aromatic heterocycles. The maximum absolute atomic E-state index is 11.7. The Hall–Kier alpha value is -0.890. The van der Waals surface area contributed by atoms with Crippen molar-refractivity contribution in [3.63, 3.8) is 0 Å². The van der Waals surface area contributed by atoms with Crippen LogP contribution >= 0.6 is 23.7 Å². The topological polar surface area (TPSA) is 72.4 Å². The minimum atomic E-state index is -0.0336. The van der Waals surface area contributed by atoms with Gasteiger partial charge in [0.1, 0.15) is 0 Å².